The van der Waals surface area contributed by atoms with E-state index >= 15 is 0 Å². The second-order valence-electron chi connectivity index (χ2n) is 4.26. The molecule has 4 heteroatoms. The summed E-state index contributed by atoms with van der Waals surface area (Å²) in [7, 11) is 0. The highest BCUT2D eigenvalue weighted by Gasteiger charge is 2.32. The molecule has 0 heterocycles. The zero-order valence-corrected chi connectivity index (χ0v) is 8.67. The Labute approximate surface area is 91.9 Å². The number of aliphatic hydroxyl groups is 1. The number of hydrogen-bond acceptors (Lipinski definition) is 1. The largest absolute Gasteiger partial charge is 0.416 e. The van der Waals surface area contributed by atoms with E-state index in [9.17, 15) is 18.3 Å². The van der Waals surface area contributed by atoms with Crippen LogP contribution in [0.5, 0.6) is 0 Å². The average Bonchev–Trinajstić information content (AvgIpc) is 2.14. The lowest BCUT2D eigenvalue weighted by Crippen LogP contribution is -2.20. The van der Waals surface area contributed by atoms with Crippen molar-refractivity contribution in [3.05, 3.63) is 35.4 Å². The summed E-state index contributed by atoms with van der Waals surface area (Å²) in [5.41, 5.74) is -0.317. The molecule has 0 spiro atoms. The predicted molar refractivity (Wildman–Crippen MR) is 53.7 cm³/mol. The summed E-state index contributed by atoms with van der Waals surface area (Å²) in [5, 5.41) is 9.86. The van der Waals surface area contributed by atoms with E-state index in [1.54, 1.807) is 6.07 Å². The zero-order valence-electron chi connectivity index (χ0n) is 8.67. The Morgan fingerprint density at radius 3 is 2.44 bits per heavy atom. The minimum atomic E-state index is -4.34. The first kappa shape index (κ1) is 11.5. The molecule has 1 aromatic rings. The van der Waals surface area contributed by atoms with E-state index < -0.39 is 17.8 Å². The summed E-state index contributed by atoms with van der Waals surface area (Å²) in [6.45, 7) is 0. The van der Waals surface area contributed by atoms with Crippen LogP contribution in [0.4, 0.5) is 13.2 Å². The summed E-state index contributed by atoms with van der Waals surface area (Å²) >= 11 is 0. The van der Waals surface area contributed by atoms with Crippen LogP contribution in [0, 0.1) is 5.92 Å². The Kier molecular flexibility index (Phi) is 2.93. The van der Waals surface area contributed by atoms with Gasteiger partial charge in [0, 0.05) is 0 Å². The maximum Gasteiger partial charge on any atom is 0.416 e. The molecule has 1 aromatic carbocycles. The minimum absolute atomic E-state index is 0.128. The highest BCUT2D eigenvalue weighted by atomic mass is 19.4. The average molecular weight is 230 g/mol. The molecule has 1 unspecified atom stereocenters. The summed E-state index contributed by atoms with van der Waals surface area (Å²) in [5.74, 6) is 0.128. The predicted octanol–water partition coefficient (Wildman–Crippen LogP) is 3.54. The van der Waals surface area contributed by atoms with E-state index in [1.165, 1.54) is 6.07 Å². The number of alkyl halides is 3. The molecule has 1 aliphatic rings. The van der Waals surface area contributed by atoms with Gasteiger partial charge in [0.15, 0.2) is 0 Å². The van der Waals surface area contributed by atoms with Crippen molar-refractivity contribution < 1.29 is 18.3 Å². The molecular formula is C12H13F3O. The van der Waals surface area contributed by atoms with E-state index in [4.69, 9.17) is 0 Å². The third-order valence-corrected chi connectivity index (χ3v) is 3.15. The van der Waals surface area contributed by atoms with Crippen LogP contribution in [0.3, 0.4) is 0 Å². The fraction of sp³-hybridized carbons (Fsp3) is 0.500. The highest BCUT2D eigenvalue weighted by Crippen LogP contribution is 2.39. The normalized spacial score (nSPS) is 19.2. The molecule has 1 nitrogen and oxygen atoms in total. The zero-order chi connectivity index (χ0) is 11.8. The van der Waals surface area contributed by atoms with Crippen molar-refractivity contribution in [2.45, 2.75) is 31.5 Å². The molecule has 0 aromatic heterocycles. The van der Waals surface area contributed by atoms with E-state index in [-0.39, 0.29) is 5.92 Å². The van der Waals surface area contributed by atoms with Crippen LogP contribution in [-0.2, 0) is 6.18 Å². The molecular weight excluding hydrogens is 217 g/mol. The third kappa shape index (κ3) is 2.21. The van der Waals surface area contributed by atoms with E-state index in [1.807, 2.05) is 0 Å². The Hall–Kier alpha value is -1.03. The summed E-state index contributed by atoms with van der Waals surface area (Å²) in [6, 6.07) is 4.97. The molecule has 1 atom stereocenters. The van der Waals surface area contributed by atoms with Gasteiger partial charge >= 0.3 is 6.18 Å². The van der Waals surface area contributed by atoms with Crippen molar-refractivity contribution in [1.29, 1.82) is 0 Å². The highest BCUT2D eigenvalue weighted by molar-refractivity contribution is 5.27. The molecule has 0 radical (unpaired) electrons. The van der Waals surface area contributed by atoms with Crippen molar-refractivity contribution in [2.75, 3.05) is 0 Å². The standard InChI is InChI=1S/C12H13F3O/c13-12(14,15)10-6-2-5-9(7-10)11(16)8-3-1-4-8/h2,5-8,11,16H,1,3-4H2. The topological polar surface area (TPSA) is 20.2 Å². The molecule has 0 bridgehead atoms. The van der Waals surface area contributed by atoms with Gasteiger partial charge in [-0.1, -0.05) is 18.6 Å². The lowest BCUT2D eigenvalue weighted by molar-refractivity contribution is -0.137. The molecule has 1 aliphatic carbocycles. The fourth-order valence-electron chi connectivity index (χ4n) is 1.93. The number of halogens is 3. The number of aliphatic hydroxyl groups excluding tert-OH is 1. The van der Waals surface area contributed by atoms with E-state index in [0.29, 0.717) is 5.56 Å². The van der Waals surface area contributed by atoms with Gasteiger partial charge in [0.05, 0.1) is 11.7 Å². The first-order chi connectivity index (χ1) is 7.48. The molecule has 0 aliphatic heterocycles. The van der Waals surface area contributed by atoms with Gasteiger partial charge in [-0.3, -0.25) is 0 Å². The maximum absolute atomic E-state index is 12.4. The molecule has 0 amide bonds. The molecule has 2 rings (SSSR count). The summed E-state index contributed by atoms with van der Waals surface area (Å²) in [4.78, 5) is 0. The van der Waals surface area contributed by atoms with Gasteiger partial charge in [0.1, 0.15) is 0 Å². The van der Waals surface area contributed by atoms with Crippen LogP contribution >= 0.6 is 0 Å². The lowest BCUT2D eigenvalue weighted by atomic mass is 9.78. The van der Waals surface area contributed by atoms with Gasteiger partial charge in [0.2, 0.25) is 0 Å². The van der Waals surface area contributed by atoms with Crippen molar-refractivity contribution in [2.24, 2.45) is 5.92 Å². The van der Waals surface area contributed by atoms with Gasteiger partial charge in [-0.25, -0.2) is 0 Å². The number of rotatable bonds is 2. The van der Waals surface area contributed by atoms with Crippen LogP contribution in [0.2, 0.25) is 0 Å². The van der Waals surface area contributed by atoms with Gasteiger partial charge in [-0.05, 0) is 36.5 Å². The van der Waals surface area contributed by atoms with Gasteiger partial charge in [-0.15, -0.1) is 0 Å². The Morgan fingerprint density at radius 1 is 1.25 bits per heavy atom. The van der Waals surface area contributed by atoms with Crippen LogP contribution in [-0.4, -0.2) is 5.11 Å². The second kappa shape index (κ2) is 4.09. The number of hydrogen-bond donors (Lipinski definition) is 1. The van der Waals surface area contributed by atoms with Crippen molar-refractivity contribution in [3.63, 3.8) is 0 Å². The van der Waals surface area contributed by atoms with Crippen LogP contribution in [0.15, 0.2) is 24.3 Å². The number of benzene rings is 1. The van der Waals surface area contributed by atoms with Crippen molar-refractivity contribution in [3.8, 4) is 0 Å². The first-order valence-corrected chi connectivity index (χ1v) is 5.34. The smallest absolute Gasteiger partial charge is 0.388 e. The minimum Gasteiger partial charge on any atom is -0.388 e. The monoisotopic (exact) mass is 230 g/mol. The van der Waals surface area contributed by atoms with Gasteiger partial charge < -0.3 is 5.11 Å². The molecule has 1 fully saturated rings. The van der Waals surface area contributed by atoms with Crippen LogP contribution in [0.25, 0.3) is 0 Å². The third-order valence-electron chi connectivity index (χ3n) is 3.15. The van der Waals surface area contributed by atoms with Crippen molar-refractivity contribution in [1.82, 2.24) is 0 Å². The molecule has 16 heavy (non-hydrogen) atoms. The quantitative estimate of drug-likeness (QED) is 0.823. The molecule has 1 N–H and O–H groups in total. The second-order valence-corrected chi connectivity index (χ2v) is 4.26. The molecule has 88 valence electrons. The van der Waals surface area contributed by atoms with E-state index in [2.05, 4.69) is 0 Å². The van der Waals surface area contributed by atoms with Crippen molar-refractivity contribution >= 4 is 0 Å². The summed E-state index contributed by atoms with van der Waals surface area (Å²) in [6.07, 6.45) is -2.23. The summed E-state index contributed by atoms with van der Waals surface area (Å²) < 4.78 is 37.3. The molecule has 0 saturated heterocycles. The Balaban J connectivity index is 2.21. The van der Waals surface area contributed by atoms with Crippen LogP contribution < -0.4 is 0 Å². The fourth-order valence-corrected chi connectivity index (χ4v) is 1.93. The Bertz CT molecular complexity index is 369. The molecule has 1 saturated carbocycles. The first-order valence-electron chi connectivity index (χ1n) is 5.34. The lowest BCUT2D eigenvalue weighted by Gasteiger charge is -2.30. The van der Waals surface area contributed by atoms with E-state index in [0.717, 1.165) is 31.4 Å². The SMILES string of the molecule is OC(c1cccc(C(F)(F)F)c1)C1CCC1. The van der Waals surface area contributed by atoms with Gasteiger partial charge in [0.25, 0.3) is 0 Å². The maximum atomic E-state index is 12.4. The van der Waals surface area contributed by atoms with Gasteiger partial charge in [-0.2, -0.15) is 13.2 Å². The van der Waals surface area contributed by atoms with Crippen LogP contribution in [0.1, 0.15) is 36.5 Å². The Morgan fingerprint density at radius 2 is 1.94 bits per heavy atom.